The van der Waals surface area contributed by atoms with E-state index in [1.165, 1.54) is 0 Å². The number of nitrogens with two attached hydrogens (primary N) is 1. The second kappa shape index (κ2) is 6.59. The van der Waals surface area contributed by atoms with Crippen LogP contribution in [0.4, 0.5) is 0 Å². The summed E-state index contributed by atoms with van der Waals surface area (Å²) in [6.07, 6.45) is 0. The van der Waals surface area contributed by atoms with Crippen LogP contribution in [0, 0.1) is 0 Å². The van der Waals surface area contributed by atoms with Gasteiger partial charge in [-0.1, -0.05) is 29.9 Å². The molecule has 2 N–H and O–H groups in total. The van der Waals surface area contributed by atoms with Gasteiger partial charge in [-0.05, 0) is 36.4 Å². The third kappa shape index (κ3) is 3.62. The van der Waals surface area contributed by atoms with E-state index in [4.69, 9.17) is 39.0 Å². The molecule has 0 radical (unpaired) electrons. The molecule has 0 spiro atoms. The van der Waals surface area contributed by atoms with Crippen LogP contribution in [0.25, 0.3) is 0 Å². The van der Waals surface area contributed by atoms with Gasteiger partial charge in [-0.25, -0.2) is 0 Å². The van der Waals surface area contributed by atoms with E-state index >= 15 is 0 Å². The topological polar surface area (TPSA) is 44.5 Å². The minimum atomic E-state index is 0.344. The van der Waals surface area contributed by atoms with Crippen molar-refractivity contribution >= 4 is 28.8 Å². The van der Waals surface area contributed by atoms with Gasteiger partial charge in [0, 0.05) is 16.1 Å². The Hall–Kier alpha value is -1.78. The van der Waals surface area contributed by atoms with Crippen molar-refractivity contribution < 1.29 is 9.47 Å². The smallest absolute Gasteiger partial charge is 0.125 e. The van der Waals surface area contributed by atoms with Gasteiger partial charge < -0.3 is 15.2 Å². The lowest BCUT2D eigenvalue weighted by Gasteiger charge is -2.12. The highest BCUT2D eigenvalue weighted by molar-refractivity contribution is 7.80. The third-order valence-corrected chi connectivity index (χ3v) is 3.23. The molecule has 0 heterocycles. The van der Waals surface area contributed by atoms with Gasteiger partial charge in [0.1, 0.15) is 23.1 Å². The van der Waals surface area contributed by atoms with Gasteiger partial charge in [-0.3, -0.25) is 0 Å². The highest BCUT2D eigenvalue weighted by Gasteiger charge is 2.07. The number of ether oxygens (including phenoxy) is 2. The van der Waals surface area contributed by atoms with Gasteiger partial charge in [0.25, 0.3) is 0 Å². The molecule has 0 saturated carbocycles. The van der Waals surface area contributed by atoms with E-state index in [2.05, 4.69) is 0 Å². The summed E-state index contributed by atoms with van der Waals surface area (Å²) in [5.74, 6) is 1.42. The van der Waals surface area contributed by atoms with Gasteiger partial charge in [-0.2, -0.15) is 0 Å². The minimum Gasteiger partial charge on any atom is -0.496 e. The normalized spacial score (nSPS) is 10.1. The fourth-order valence-corrected chi connectivity index (χ4v) is 2.07. The van der Waals surface area contributed by atoms with E-state index in [9.17, 15) is 0 Å². The Morgan fingerprint density at radius 3 is 2.70 bits per heavy atom. The van der Waals surface area contributed by atoms with Gasteiger partial charge in [-0.15, -0.1) is 0 Å². The second-order valence-electron chi connectivity index (χ2n) is 4.14. The molecule has 104 valence electrons. The van der Waals surface area contributed by atoms with Crippen molar-refractivity contribution in [3.05, 3.63) is 58.6 Å². The van der Waals surface area contributed by atoms with Crippen LogP contribution < -0.4 is 15.2 Å². The van der Waals surface area contributed by atoms with Crippen LogP contribution in [0.3, 0.4) is 0 Å². The lowest BCUT2D eigenvalue weighted by atomic mass is 10.1. The molecule has 20 heavy (non-hydrogen) atoms. The predicted octanol–water partition coefficient (Wildman–Crippen LogP) is 3.56. The van der Waals surface area contributed by atoms with Crippen LogP contribution in [-0.4, -0.2) is 12.1 Å². The molecule has 0 atom stereocenters. The Kier molecular flexibility index (Phi) is 4.82. The Bertz CT molecular complexity index is 631. The quantitative estimate of drug-likeness (QED) is 0.858. The molecule has 0 aromatic heterocycles. The first-order valence-electron chi connectivity index (χ1n) is 5.95. The predicted molar refractivity (Wildman–Crippen MR) is 84.7 cm³/mol. The molecule has 0 aliphatic rings. The van der Waals surface area contributed by atoms with Gasteiger partial charge in [0.05, 0.1) is 7.11 Å². The SMILES string of the molecule is COc1ccc(C(N)=S)cc1COc1cccc(Cl)c1. The first-order valence-corrected chi connectivity index (χ1v) is 6.74. The average Bonchev–Trinajstić information content (AvgIpc) is 2.44. The Balaban J connectivity index is 2.19. The number of thiocarbonyl (C=S) groups is 1. The maximum Gasteiger partial charge on any atom is 0.125 e. The summed E-state index contributed by atoms with van der Waals surface area (Å²) in [7, 11) is 1.61. The highest BCUT2D eigenvalue weighted by Crippen LogP contribution is 2.23. The van der Waals surface area contributed by atoms with Crippen LogP contribution >= 0.6 is 23.8 Å². The van der Waals surface area contributed by atoms with E-state index in [1.807, 2.05) is 30.3 Å². The van der Waals surface area contributed by atoms with Crippen LogP contribution in [-0.2, 0) is 6.61 Å². The van der Waals surface area contributed by atoms with E-state index in [0.29, 0.717) is 22.4 Å². The fraction of sp³-hybridized carbons (Fsp3) is 0.133. The van der Waals surface area contributed by atoms with Crippen molar-refractivity contribution in [2.24, 2.45) is 5.73 Å². The van der Waals surface area contributed by atoms with Crippen molar-refractivity contribution in [1.29, 1.82) is 0 Å². The van der Waals surface area contributed by atoms with E-state index in [1.54, 1.807) is 19.2 Å². The first-order chi connectivity index (χ1) is 9.60. The summed E-state index contributed by atoms with van der Waals surface area (Å²) in [6.45, 7) is 0.347. The van der Waals surface area contributed by atoms with Crippen LogP contribution in [0.2, 0.25) is 5.02 Å². The molecule has 0 unspecified atom stereocenters. The van der Waals surface area contributed by atoms with Gasteiger partial charge in [0.15, 0.2) is 0 Å². The lowest BCUT2D eigenvalue weighted by molar-refractivity contribution is 0.296. The van der Waals surface area contributed by atoms with Crippen molar-refractivity contribution in [2.45, 2.75) is 6.61 Å². The average molecular weight is 308 g/mol. The maximum atomic E-state index is 5.91. The number of hydrogen-bond acceptors (Lipinski definition) is 3. The molecular formula is C15H14ClNO2S. The Morgan fingerprint density at radius 1 is 1.25 bits per heavy atom. The second-order valence-corrected chi connectivity index (χ2v) is 5.01. The molecule has 2 aromatic rings. The third-order valence-electron chi connectivity index (χ3n) is 2.76. The molecule has 0 aliphatic heterocycles. The molecular weight excluding hydrogens is 294 g/mol. The molecule has 0 amide bonds. The van der Waals surface area contributed by atoms with Gasteiger partial charge in [0.2, 0.25) is 0 Å². The van der Waals surface area contributed by atoms with Crippen molar-refractivity contribution in [2.75, 3.05) is 7.11 Å². The Morgan fingerprint density at radius 2 is 2.05 bits per heavy atom. The molecule has 0 aliphatic carbocycles. The Labute approximate surface area is 128 Å². The van der Waals surface area contributed by atoms with Crippen molar-refractivity contribution in [3.63, 3.8) is 0 Å². The summed E-state index contributed by atoms with van der Waals surface area (Å²) in [4.78, 5) is 0.344. The number of hydrogen-bond donors (Lipinski definition) is 1. The minimum absolute atomic E-state index is 0.344. The maximum absolute atomic E-state index is 5.91. The number of halogens is 1. The number of benzene rings is 2. The molecule has 5 heteroatoms. The van der Waals surface area contributed by atoms with Crippen molar-refractivity contribution in [3.8, 4) is 11.5 Å². The summed E-state index contributed by atoms with van der Waals surface area (Å²) in [5.41, 5.74) is 7.29. The zero-order valence-electron chi connectivity index (χ0n) is 10.9. The fourth-order valence-electron chi connectivity index (χ4n) is 1.76. The molecule has 0 bridgehead atoms. The zero-order valence-corrected chi connectivity index (χ0v) is 12.5. The van der Waals surface area contributed by atoms with E-state index < -0.39 is 0 Å². The molecule has 3 nitrogen and oxygen atoms in total. The van der Waals surface area contributed by atoms with E-state index in [-0.39, 0.29) is 0 Å². The van der Waals surface area contributed by atoms with Crippen LogP contribution in [0.5, 0.6) is 11.5 Å². The molecule has 2 aromatic carbocycles. The molecule has 0 fully saturated rings. The molecule has 0 saturated heterocycles. The van der Waals surface area contributed by atoms with Crippen molar-refractivity contribution in [1.82, 2.24) is 0 Å². The zero-order chi connectivity index (χ0) is 14.5. The van der Waals surface area contributed by atoms with Crippen LogP contribution in [0.15, 0.2) is 42.5 Å². The highest BCUT2D eigenvalue weighted by atomic mass is 35.5. The standard InChI is InChI=1S/C15H14ClNO2S/c1-18-14-6-5-10(15(17)20)7-11(14)9-19-13-4-2-3-12(16)8-13/h2-8H,9H2,1H3,(H2,17,20). The summed E-state index contributed by atoms with van der Waals surface area (Å²) in [6, 6.07) is 12.7. The number of rotatable bonds is 5. The summed E-state index contributed by atoms with van der Waals surface area (Å²) < 4.78 is 11.0. The monoisotopic (exact) mass is 307 g/mol. The van der Waals surface area contributed by atoms with Crippen LogP contribution in [0.1, 0.15) is 11.1 Å². The van der Waals surface area contributed by atoms with Gasteiger partial charge >= 0.3 is 0 Å². The number of methoxy groups -OCH3 is 1. The molecule has 2 rings (SSSR count). The largest absolute Gasteiger partial charge is 0.496 e. The summed E-state index contributed by atoms with van der Waals surface area (Å²) >= 11 is 10.9. The lowest BCUT2D eigenvalue weighted by Crippen LogP contribution is -2.10. The van der Waals surface area contributed by atoms with E-state index in [0.717, 1.165) is 16.9 Å². The summed E-state index contributed by atoms with van der Waals surface area (Å²) in [5, 5.41) is 0.631. The first kappa shape index (κ1) is 14.6.